The highest BCUT2D eigenvalue weighted by Crippen LogP contribution is 2.19. The van der Waals surface area contributed by atoms with E-state index in [1.165, 1.54) is 18.2 Å². The summed E-state index contributed by atoms with van der Waals surface area (Å²) in [5.41, 5.74) is 2.36. The van der Waals surface area contributed by atoms with Crippen molar-refractivity contribution in [2.24, 2.45) is 0 Å². The summed E-state index contributed by atoms with van der Waals surface area (Å²) in [7, 11) is 0. The number of hydrogen-bond acceptors (Lipinski definition) is 3. The Kier molecular flexibility index (Phi) is 2.72. The first-order valence-corrected chi connectivity index (χ1v) is 4.99. The lowest BCUT2D eigenvalue weighted by atomic mass is 10.0. The van der Waals surface area contributed by atoms with Gasteiger partial charge in [0.25, 0.3) is 0 Å². The summed E-state index contributed by atoms with van der Waals surface area (Å²) in [6.45, 7) is 4.36. The third kappa shape index (κ3) is 2.18. The topological polar surface area (TPSA) is 38.7 Å². The van der Waals surface area contributed by atoms with Crippen LogP contribution in [-0.4, -0.2) is 15.0 Å². The molecule has 0 saturated carbocycles. The van der Waals surface area contributed by atoms with Crippen LogP contribution >= 0.6 is 0 Å². The van der Waals surface area contributed by atoms with E-state index in [0.717, 1.165) is 11.4 Å². The second-order valence-electron chi connectivity index (χ2n) is 3.74. The zero-order valence-electron chi connectivity index (χ0n) is 8.88. The normalized spacial score (nSPS) is 10.6. The third-order valence-electron chi connectivity index (χ3n) is 2.33. The molecular formula is C12H13N3. The SMILES string of the molecule is CC(C)c1ccc(-c2ncncn2)cc1. The smallest absolute Gasteiger partial charge is 0.162 e. The van der Waals surface area contributed by atoms with Gasteiger partial charge in [-0.1, -0.05) is 38.1 Å². The average molecular weight is 199 g/mol. The minimum atomic E-state index is 0.553. The van der Waals surface area contributed by atoms with Gasteiger partial charge in [0, 0.05) is 5.56 Å². The molecule has 3 nitrogen and oxygen atoms in total. The standard InChI is InChI=1S/C12H13N3/c1-9(2)10-3-5-11(6-4-10)12-14-7-13-8-15-12/h3-9H,1-2H3. The van der Waals surface area contributed by atoms with Crippen molar-refractivity contribution in [3.63, 3.8) is 0 Å². The Balaban J connectivity index is 2.32. The highest BCUT2D eigenvalue weighted by atomic mass is 15.0. The molecule has 1 aromatic heterocycles. The fraction of sp³-hybridized carbons (Fsp3) is 0.250. The van der Waals surface area contributed by atoms with Crippen molar-refractivity contribution in [2.75, 3.05) is 0 Å². The Labute approximate surface area is 89.2 Å². The maximum absolute atomic E-state index is 4.10. The van der Waals surface area contributed by atoms with Gasteiger partial charge in [-0.3, -0.25) is 0 Å². The second kappa shape index (κ2) is 4.17. The Hall–Kier alpha value is -1.77. The first-order chi connectivity index (χ1) is 7.27. The van der Waals surface area contributed by atoms with E-state index < -0.39 is 0 Å². The Bertz CT molecular complexity index is 420. The molecule has 1 heterocycles. The minimum Gasteiger partial charge on any atom is -0.225 e. The van der Waals surface area contributed by atoms with E-state index in [0.29, 0.717) is 5.92 Å². The van der Waals surface area contributed by atoms with Gasteiger partial charge in [0.1, 0.15) is 12.7 Å². The molecule has 0 fully saturated rings. The van der Waals surface area contributed by atoms with Crippen LogP contribution in [0.1, 0.15) is 25.3 Å². The molecule has 0 aliphatic rings. The van der Waals surface area contributed by atoms with Gasteiger partial charge in [0.15, 0.2) is 5.82 Å². The van der Waals surface area contributed by atoms with Crippen molar-refractivity contribution in [2.45, 2.75) is 19.8 Å². The average Bonchev–Trinajstić information content (AvgIpc) is 2.30. The molecule has 0 aliphatic carbocycles. The minimum absolute atomic E-state index is 0.553. The summed E-state index contributed by atoms with van der Waals surface area (Å²) in [6, 6.07) is 8.32. The van der Waals surface area contributed by atoms with E-state index in [1.54, 1.807) is 0 Å². The molecule has 3 heteroatoms. The molecule has 2 aromatic rings. The number of nitrogens with zero attached hydrogens (tertiary/aromatic N) is 3. The number of rotatable bonds is 2. The van der Waals surface area contributed by atoms with Gasteiger partial charge in [-0.25, -0.2) is 15.0 Å². The molecular weight excluding hydrogens is 186 g/mol. The molecule has 0 atom stereocenters. The van der Waals surface area contributed by atoms with Gasteiger partial charge in [0.05, 0.1) is 0 Å². The van der Waals surface area contributed by atoms with Gasteiger partial charge in [-0.05, 0) is 11.5 Å². The van der Waals surface area contributed by atoms with Crippen LogP contribution in [0.5, 0.6) is 0 Å². The van der Waals surface area contributed by atoms with E-state index in [9.17, 15) is 0 Å². The van der Waals surface area contributed by atoms with Crippen LogP contribution in [0, 0.1) is 0 Å². The number of benzene rings is 1. The molecule has 0 spiro atoms. The van der Waals surface area contributed by atoms with Crippen LogP contribution in [-0.2, 0) is 0 Å². The zero-order chi connectivity index (χ0) is 10.7. The Morgan fingerprint density at radius 1 is 0.933 bits per heavy atom. The highest BCUT2D eigenvalue weighted by molar-refractivity contribution is 5.54. The lowest BCUT2D eigenvalue weighted by molar-refractivity contribution is 0.866. The zero-order valence-corrected chi connectivity index (χ0v) is 8.88. The molecule has 0 bridgehead atoms. The van der Waals surface area contributed by atoms with Crippen molar-refractivity contribution in [1.82, 2.24) is 15.0 Å². The molecule has 0 unspecified atom stereocenters. The van der Waals surface area contributed by atoms with E-state index in [-0.39, 0.29) is 0 Å². The van der Waals surface area contributed by atoms with Gasteiger partial charge in [-0.15, -0.1) is 0 Å². The fourth-order valence-corrected chi connectivity index (χ4v) is 1.41. The largest absolute Gasteiger partial charge is 0.225 e. The summed E-state index contributed by atoms with van der Waals surface area (Å²) in [4.78, 5) is 12.0. The first kappa shape index (κ1) is 9.77. The summed E-state index contributed by atoms with van der Waals surface area (Å²) in [5, 5.41) is 0. The van der Waals surface area contributed by atoms with Crippen molar-refractivity contribution >= 4 is 0 Å². The molecule has 1 aromatic carbocycles. The lowest BCUT2D eigenvalue weighted by Crippen LogP contribution is -1.90. The summed E-state index contributed by atoms with van der Waals surface area (Å²) >= 11 is 0. The van der Waals surface area contributed by atoms with E-state index >= 15 is 0 Å². The van der Waals surface area contributed by atoms with Gasteiger partial charge in [0.2, 0.25) is 0 Å². The molecule has 0 aliphatic heterocycles. The van der Waals surface area contributed by atoms with Crippen LogP contribution in [0.3, 0.4) is 0 Å². The maximum Gasteiger partial charge on any atom is 0.162 e. The van der Waals surface area contributed by atoms with Crippen LogP contribution in [0.4, 0.5) is 0 Å². The van der Waals surface area contributed by atoms with Crippen molar-refractivity contribution in [3.05, 3.63) is 42.5 Å². The van der Waals surface area contributed by atoms with Crippen molar-refractivity contribution in [3.8, 4) is 11.4 Å². The molecule has 0 radical (unpaired) electrons. The molecule has 15 heavy (non-hydrogen) atoms. The lowest BCUT2D eigenvalue weighted by Gasteiger charge is -2.05. The first-order valence-electron chi connectivity index (χ1n) is 4.99. The summed E-state index contributed by atoms with van der Waals surface area (Å²) < 4.78 is 0. The van der Waals surface area contributed by atoms with Crippen LogP contribution < -0.4 is 0 Å². The van der Waals surface area contributed by atoms with E-state index in [4.69, 9.17) is 0 Å². The Morgan fingerprint density at radius 2 is 1.53 bits per heavy atom. The molecule has 0 N–H and O–H groups in total. The number of aromatic nitrogens is 3. The van der Waals surface area contributed by atoms with Crippen molar-refractivity contribution < 1.29 is 0 Å². The maximum atomic E-state index is 4.10. The number of hydrogen-bond donors (Lipinski definition) is 0. The molecule has 76 valence electrons. The summed E-state index contributed by atoms with van der Waals surface area (Å²) in [6.07, 6.45) is 3.03. The predicted octanol–water partition coefficient (Wildman–Crippen LogP) is 2.66. The molecule has 0 amide bonds. The second-order valence-corrected chi connectivity index (χ2v) is 3.74. The van der Waals surface area contributed by atoms with Gasteiger partial charge < -0.3 is 0 Å². The van der Waals surface area contributed by atoms with E-state index in [1.807, 2.05) is 12.1 Å². The Morgan fingerprint density at radius 3 is 2.07 bits per heavy atom. The van der Waals surface area contributed by atoms with Crippen LogP contribution in [0.15, 0.2) is 36.9 Å². The monoisotopic (exact) mass is 199 g/mol. The van der Waals surface area contributed by atoms with Crippen molar-refractivity contribution in [1.29, 1.82) is 0 Å². The quantitative estimate of drug-likeness (QED) is 0.746. The molecule has 2 rings (SSSR count). The van der Waals surface area contributed by atoms with Crippen LogP contribution in [0.25, 0.3) is 11.4 Å². The summed E-state index contributed by atoms with van der Waals surface area (Å²) in [5.74, 6) is 1.28. The predicted molar refractivity (Wildman–Crippen MR) is 59.4 cm³/mol. The third-order valence-corrected chi connectivity index (χ3v) is 2.33. The van der Waals surface area contributed by atoms with Gasteiger partial charge >= 0.3 is 0 Å². The fourth-order valence-electron chi connectivity index (χ4n) is 1.41. The van der Waals surface area contributed by atoms with Gasteiger partial charge in [-0.2, -0.15) is 0 Å². The highest BCUT2D eigenvalue weighted by Gasteiger charge is 2.01. The van der Waals surface area contributed by atoms with E-state index in [2.05, 4.69) is 40.9 Å². The molecule has 0 saturated heterocycles. The van der Waals surface area contributed by atoms with Crippen LogP contribution in [0.2, 0.25) is 0 Å².